The first kappa shape index (κ1) is 15.9. The fraction of sp³-hybridized carbons (Fsp3) is 0.0625. The van der Waals surface area contributed by atoms with Gasteiger partial charge in [-0.05, 0) is 12.1 Å². The van der Waals surface area contributed by atoms with Crippen LogP contribution in [0.15, 0.2) is 60.8 Å². The number of rotatable bonds is 5. The Kier molecular flexibility index (Phi) is 4.13. The second kappa shape index (κ2) is 6.25. The van der Waals surface area contributed by atoms with Gasteiger partial charge in [0.05, 0.1) is 16.1 Å². The van der Waals surface area contributed by atoms with Crippen molar-refractivity contribution < 1.29 is 13.3 Å². The van der Waals surface area contributed by atoms with Crippen LogP contribution in [0.25, 0.3) is 10.9 Å². The Bertz CT molecular complexity index is 1010. The number of hydrogen-bond acceptors (Lipinski definition) is 5. The maximum atomic E-state index is 12.4. The zero-order valence-corrected chi connectivity index (χ0v) is 13.2. The van der Waals surface area contributed by atoms with E-state index in [1.165, 1.54) is 18.2 Å². The molecule has 2 aromatic carbocycles. The number of pyridine rings is 1. The number of aromatic nitrogens is 1. The number of sulfonamides is 1. The average Bonchev–Trinajstić information content (AvgIpc) is 2.55. The highest BCUT2D eigenvalue weighted by Crippen LogP contribution is 2.24. The number of nitrogens with one attached hydrogen (secondary N) is 1. The van der Waals surface area contributed by atoms with Crippen molar-refractivity contribution in [3.05, 3.63) is 76.5 Å². The van der Waals surface area contributed by atoms with Gasteiger partial charge in [-0.2, -0.15) is 0 Å². The van der Waals surface area contributed by atoms with Crippen LogP contribution in [0.1, 0.15) is 5.56 Å². The zero-order chi connectivity index (χ0) is 17.2. The number of nitrogens with zero attached hydrogens (tertiary/aromatic N) is 2. The van der Waals surface area contributed by atoms with Gasteiger partial charge < -0.3 is 0 Å². The number of para-hydroxylation sites is 2. The van der Waals surface area contributed by atoms with Gasteiger partial charge in [0.1, 0.15) is 5.75 Å². The molecule has 24 heavy (non-hydrogen) atoms. The molecule has 0 fully saturated rings. The minimum atomic E-state index is -3.83. The Balaban J connectivity index is 1.93. The number of anilines is 1. The van der Waals surface area contributed by atoms with Crippen molar-refractivity contribution in [3.8, 4) is 0 Å². The van der Waals surface area contributed by atoms with Crippen molar-refractivity contribution in [2.45, 2.75) is 5.75 Å². The molecule has 1 N–H and O–H groups in total. The van der Waals surface area contributed by atoms with Gasteiger partial charge in [-0.25, -0.2) is 8.42 Å². The van der Waals surface area contributed by atoms with Crippen LogP contribution in [0.5, 0.6) is 0 Å². The summed E-state index contributed by atoms with van der Waals surface area (Å²) < 4.78 is 27.3. The van der Waals surface area contributed by atoms with E-state index in [1.807, 2.05) is 12.1 Å². The number of nitro groups is 1. The van der Waals surface area contributed by atoms with E-state index in [2.05, 4.69) is 9.71 Å². The zero-order valence-electron chi connectivity index (χ0n) is 12.4. The molecule has 0 aliphatic rings. The van der Waals surface area contributed by atoms with Gasteiger partial charge in [0.2, 0.25) is 10.0 Å². The van der Waals surface area contributed by atoms with Crippen molar-refractivity contribution in [1.29, 1.82) is 0 Å². The number of fused-ring (bicyclic) bond motifs is 1. The van der Waals surface area contributed by atoms with Crippen molar-refractivity contribution in [2.24, 2.45) is 0 Å². The molecule has 0 saturated carbocycles. The van der Waals surface area contributed by atoms with Gasteiger partial charge in [0.15, 0.2) is 0 Å². The summed E-state index contributed by atoms with van der Waals surface area (Å²) in [7, 11) is -3.83. The standard InChI is InChI=1S/C16H13N3O4S/c20-19(21)15-9-2-1-5-13(15)11-24(22,23)18-14-8-3-6-12-7-4-10-17-16(12)14/h1-10,18H,11H2. The SMILES string of the molecule is O=[N+]([O-])c1ccccc1CS(=O)(=O)Nc1cccc2cccnc12. The molecular weight excluding hydrogens is 330 g/mol. The summed E-state index contributed by atoms with van der Waals surface area (Å²) in [6.45, 7) is 0. The fourth-order valence-corrected chi connectivity index (χ4v) is 3.63. The average molecular weight is 343 g/mol. The number of hydrogen-bond donors (Lipinski definition) is 1. The van der Waals surface area contributed by atoms with Crippen molar-refractivity contribution in [1.82, 2.24) is 4.98 Å². The molecule has 7 nitrogen and oxygen atoms in total. The van der Waals surface area contributed by atoms with Crippen LogP contribution in [0.2, 0.25) is 0 Å². The summed E-state index contributed by atoms with van der Waals surface area (Å²) in [5.41, 5.74) is 0.764. The highest BCUT2D eigenvalue weighted by molar-refractivity contribution is 7.91. The van der Waals surface area contributed by atoms with Crippen molar-refractivity contribution in [3.63, 3.8) is 0 Å². The van der Waals surface area contributed by atoms with Gasteiger partial charge in [-0.1, -0.05) is 36.4 Å². The largest absolute Gasteiger partial charge is 0.281 e. The Morgan fingerprint density at radius 3 is 2.58 bits per heavy atom. The monoisotopic (exact) mass is 343 g/mol. The molecule has 122 valence electrons. The second-order valence-electron chi connectivity index (χ2n) is 5.13. The molecule has 8 heteroatoms. The van der Waals surface area contributed by atoms with Crippen molar-refractivity contribution >= 4 is 32.3 Å². The van der Waals surface area contributed by atoms with E-state index >= 15 is 0 Å². The predicted molar refractivity (Wildman–Crippen MR) is 91.1 cm³/mol. The van der Waals surface area contributed by atoms with Crippen LogP contribution in [0.3, 0.4) is 0 Å². The maximum Gasteiger partial charge on any atom is 0.273 e. The minimum Gasteiger partial charge on any atom is -0.281 e. The molecule has 1 aromatic heterocycles. The van der Waals surface area contributed by atoms with Gasteiger partial charge >= 0.3 is 0 Å². The molecule has 3 aromatic rings. The highest BCUT2D eigenvalue weighted by Gasteiger charge is 2.20. The lowest BCUT2D eigenvalue weighted by Crippen LogP contribution is -2.16. The Labute approximate surface area is 138 Å². The molecule has 0 aliphatic carbocycles. The van der Waals surface area contributed by atoms with E-state index in [-0.39, 0.29) is 11.3 Å². The topological polar surface area (TPSA) is 102 Å². The summed E-state index contributed by atoms with van der Waals surface area (Å²) in [6, 6.07) is 14.5. The number of nitro benzene ring substituents is 1. The van der Waals surface area contributed by atoms with Gasteiger partial charge in [-0.15, -0.1) is 0 Å². The third-order valence-corrected chi connectivity index (χ3v) is 4.65. The van der Waals surface area contributed by atoms with E-state index in [4.69, 9.17) is 0 Å². The lowest BCUT2D eigenvalue weighted by molar-refractivity contribution is -0.385. The molecule has 0 bridgehead atoms. The molecular formula is C16H13N3O4S. The number of benzene rings is 2. The van der Waals surface area contributed by atoms with Crippen LogP contribution in [-0.4, -0.2) is 18.3 Å². The summed E-state index contributed by atoms with van der Waals surface area (Å²) >= 11 is 0. The normalized spacial score (nSPS) is 11.3. The van der Waals surface area contributed by atoms with E-state index in [9.17, 15) is 18.5 Å². The van der Waals surface area contributed by atoms with Crippen LogP contribution in [0.4, 0.5) is 11.4 Å². The Hall–Kier alpha value is -3.00. The summed E-state index contributed by atoms with van der Waals surface area (Å²) in [5.74, 6) is -0.493. The smallest absolute Gasteiger partial charge is 0.273 e. The molecule has 0 spiro atoms. The van der Waals surface area contributed by atoms with E-state index < -0.39 is 20.7 Å². The van der Waals surface area contributed by atoms with E-state index in [0.29, 0.717) is 11.2 Å². The van der Waals surface area contributed by atoms with Gasteiger partial charge in [0, 0.05) is 23.2 Å². The summed E-state index contributed by atoms with van der Waals surface area (Å²) in [4.78, 5) is 14.6. The Morgan fingerprint density at radius 2 is 1.79 bits per heavy atom. The van der Waals surface area contributed by atoms with Crippen LogP contribution in [-0.2, 0) is 15.8 Å². The lowest BCUT2D eigenvalue weighted by Gasteiger charge is -2.10. The molecule has 0 atom stereocenters. The third-order valence-electron chi connectivity index (χ3n) is 3.43. The first-order chi connectivity index (χ1) is 11.5. The fourth-order valence-electron chi connectivity index (χ4n) is 2.41. The summed E-state index contributed by atoms with van der Waals surface area (Å²) in [6.07, 6.45) is 1.57. The predicted octanol–water partition coefficient (Wildman–Crippen LogP) is 3.08. The van der Waals surface area contributed by atoms with Crippen molar-refractivity contribution in [2.75, 3.05) is 4.72 Å². The first-order valence-electron chi connectivity index (χ1n) is 7.03. The Morgan fingerprint density at radius 1 is 1.04 bits per heavy atom. The van der Waals surface area contributed by atoms with Crippen LogP contribution in [0, 0.1) is 10.1 Å². The van der Waals surface area contributed by atoms with E-state index in [1.54, 1.807) is 30.5 Å². The maximum absolute atomic E-state index is 12.4. The van der Waals surface area contributed by atoms with E-state index in [0.717, 1.165) is 5.39 Å². The van der Waals surface area contributed by atoms with Crippen LogP contribution >= 0.6 is 0 Å². The highest BCUT2D eigenvalue weighted by atomic mass is 32.2. The molecule has 0 aliphatic heterocycles. The molecule has 0 radical (unpaired) electrons. The van der Waals surface area contributed by atoms with Gasteiger partial charge in [0.25, 0.3) is 5.69 Å². The quantitative estimate of drug-likeness (QED) is 0.566. The molecule has 0 amide bonds. The second-order valence-corrected chi connectivity index (χ2v) is 6.85. The third kappa shape index (κ3) is 3.33. The lowest BCUT2D eigenvalue weighted by atomic mass is 10.2. The van der Waals surface area contributed by atoms with Gasteiger partial charge in [-0.3, -0.25) is 19.8 Å². The molecule has 0 saturated heterocycles. The molecule has 3 rings (SSSR count). The van der Waals surface area contributed by atoms with Crippen LogP contribution < -0.4 is 4.72 Å². The minimum absolute atomic E-state index is 0.128. The molecule has 0 unspecified atom stereocenters. The summed E-state index contributed by atoms with van der Waals surface area (Å²) in [5, 5.41) is 11.8. The first-order valence-corrected chi connectivity index (χ1v) is 8.68. The molecule has 1 heterocycles.